The van der Waals surface area contributed by atoms with E-state index in [1.807, 2.05) is 35.1 Å². The van der Waals surface area contributed by atoms with Crippen molar-refractivity contribution < 1.29 is 4.79 Å². The van der Waals surface area contributed by atoms with Gasteiger partial charge in [0.15, 0.2) is 0 Å². The Bertz CT molecular complexity index is 1040. The molecule has 0 aliphatic heterocycles. The number of rotatable bonds is 8. The van der Waals surface area contributed by atoms with Crippen LogP contribution in [0.1, 0.15) is 48.1 Å². The van der Waals surface area contributed by atoms with Gasteiger partial charge in [-0.05, 0) is 49.8 Å². The van der Waals surface area contributed by atoms with Gasteiger partial charge < -0.3 is 5.73 Å². The van der Waals surface area contributed by atoms with Crippen LogP contribution in [0, 0.1) is 0 Å². The molecule has 1 amide bonds. The van der Waals surface area contributed by atoms with Crippen molar-refractivity contribution in [3.8, 4) is 0 Å². The molecule has 1 aliphatic carbocycles. The first kappa shape index (κ1) is 19.6. The maximum absolute atomic E-state index is 12.0. The molecule has 0 atom stereocenters. The number of nitrogens with zero attached hydrogens (tertiary/aromatic N) is 4. The lowest BCUT2D eigenvalue weighted by Gasteiger charge is -2.16. The number of carbonyl (C=O) groups excluding carboxylic acids is 1. The molecule has 0 unspecified atom stereocenters. The molecule has 6 nitrogen and oxygen atoms in total. The summed E-state index contributed by atoms with van der Waals surface area (Å²) in [5.41, 5.74) is 9.11. The van der Waals surface area contributed by atoms with Crippen molar-refractivity contribution >= 4 is 17.5 Å². The summed E-state index contributed by atoms with van der Waals surface area (Å²) in [7, 11) is 0. The van der Waals surface area contributed by atoms with E-state index in [9.17, 15) is 4.79 Å². The Morgan fingerprint density at radius 2 is 2.03 bits per heavy atom. The summed E-state index contributed by atoms with van der Waals surface area (Å²) in [4.78, 5) is 21.0. The Hall–Kier alpha value is -2.73. The highest BCUT2D eigenvalue weighted by molar-refractivity contribution is 6.31. The Kier molecular flexibility index (Phi) is 5.37. The molecule has 1 saturated carbocycles. The largest absolute Gasteiger partial charge is 0.369 e. The van der Waals surface area contributed by atoms with Crippen LogP contribution in [0.4, 0.5) is 0 Å². The molecule has 0 spiro atoms. The summed E-state index contributed by atoms with van der Waals surface area (Å²) in [6, 6.07) is 10.0. The molecule has 2 aromatic heterocycles. The van der Waals surface area contributed by atoms with Crippen LogP contribution in [0.2, 0.25) is 5.02 Å². The van der Waals surface area contributed by atoms with Gasteiger partial charge in [0.2, 0.25) is 5.91 Å². The van der Waals surface area contributed by atoms with Crippen molar-refractivity contribution in [1.29, 1.82) is 0 Å². The average molecular weight is 410 g/mol. The number of aryl methyl sites for hydroxylation is 3. The lowest BCUT2D eigenvalue weighted by molar-refractivity contribution is -0.120. The minimum Gasteiger partial charge on any atom is -0.369 e. The predicted molar refractivity (Wildman–Crippen MR) is 112 cm³/mol. The van der Waals surface area contributed by atoms with Crippen LogP contribution in [0.3, 0.4) is 0 Å². The van der Waals surface area contributed by atoms with Crippen LogP contribution in [0.15, 0.2) is 42.7 Å². The molecule has 1 aliphatic rings. The highest BCUT2D eigenvalue weighted by Crippen LogP contribution is 2.49. The van der Waals surface area contributed by atoms with Crippen molar-refractivity contribution in [3.05, 3.63) is 76.1 Å². The number of aromatic nitrogens is 4. The second kappa shape index (κ2) is 7.95. The Morgan fingerprint density at radius 1 is 1.24 bits per heavy atom. The van der Waals surface area contributed by atoms with Gasteiger partial charge in [-0.3, -0.25) is 9.48 Å². The van der Waals surface area contributed by atoms with E-state index in [1.54, 1.807) is 6.20 Å². The van der Waals surface area contributed by atoms with Gasteiger partial charge in [0.25, 0.3) is 0 Å². The van der Waals surface area contributed by atoms with E-state index in [4.69, 9.17) is 17.3 Å². The Labute approximate surface area is 175 Å². The molecule has 4 rings (SSSR count). The summed E-state index contributed by atoms with van der Waals surface area (Å²) in [5, 5.41) is 5.05. The van der Waals surface area contributed by atoms with E-state index in [1.165, 1.54) is 0 Å². The SMILES string of the molecule is CCn1ccc(Cc2ncc(Cl)c(CCc3ccccc3C3(C(N)=O)CC3)n2)n1. The number of nitrogens with two attached hydrogens (primary N) is 1. The van der Waals surface area contributed by atoms with Crippen LogP contribution in [0.25, 0.3) is 0 Å². The van der Waals surface area contributed by atoms with Crippen LogP contribution < -0.4 is 5.73 Å². The number of hydrogen-bond acceptors (Lipinski definition) is 4. The van der Waals surface area contributed by atoms with Crippen molar-refractivity contribution in [3.63, 3.8) is 0 Å². The van der Waals surface area contributed by atoms with Crippen molar-refractivity contribution in [2.24, 2.45) is 5.73 Å². The number of hydrogen-bond donors (Lipinski definition) is 1. The monoisotopic (exact) mass is 409 g/mol. The third-order valence-electron chi connectivity index (χ3n) is 5.61. The molecule has 150 valence electrons. The quantitative estimate of drug-likeness (QED) is 0.618. The van der Waals surface area contributed by atoms with E-state index < -0.39 is 5.41 Å². The standard InChI is InChI=1S/C22H24ClN5O/c1-2-28-12-9-16(27-28)13-20-25-14-18(23)19(26-20)8-7-15-5-3-4-6-17(15)22(10-11-22)21(24)29/h3-6,9,12,14H,2,7-8,10-11,13H2,1H3,(H2,24,29). The molecule has 3 aromatic rings. The summed E-state index contributed by atoms with van der Waals surface area (Å²) >= 11 is 6.37. The van der Waals surface area contributed by atoms with Crippen LogP contribution in [0.5, 0.6) is 0 Å². The normalized spacial score (nSPS) is 14.7. The predicted octanol–water partition coefficient (Wildman–Crippen LogP) is 3.24. The third-order valence-corrected chi connectivity index (χ3v) is 5.93. The van der Waals surface area contributed by atoms with Gasteiger partial charge in [-0.15, -0.1) is 0 Å². The first-order valence-electron chi connectivity index (χ1n) is 9.93. The van der Waals surface area contributed by atoms with Gasteiger partial charge in [-0.1, -0.05) is 35.9 Å². The van der Waals surface area contributed by atoms with Crippen molar-refractivity contribution in [2.75, 3.05) is 0 Å². The first-order chi connectivity index (χ1) is 14.0. The molecule has 0 radical (unpaired) electrons. The topological polar surface area (TPSA) is 86.7 Å². The lowest BCUT2D eigenvalue weighted by Crippen LogP contribution is -2.29. The van der Waals surface area contributed by atoms with E-state index in [0.29, 0.717) is 23.7 Å². The van der Waals surface area contributed by atoms with Crippen molar-refractivity contribution in [2.45, 2.75) is 51.0 Å². The van der Waals surface area contributed by atoms with E-state index in [2.05, 4.69) is 28.1 Å². The lowest BCUT2D eigenvalue weighted by atomic mass is 9.88. The maximum Gasteiger partial charge on any atom is 0.228 e. The number of amides is 1. The molecule has 29 heavy (non-hydrogen) atoms. The highest BCUT2D eigenvalue weighted by atomic mass is 35.5. The van der Waals surface area contributed by atoms with E-state index in [0.717, 1.165) is 48.3 Å². The number of carbonyl (C=O) groups is 1. The van der Waals surface area contributed by atoms with Gasteiger partial charge in [-0.25, -0.2) is 9.97 Å². The zero-order valence-electron chi connectivity index (χ0n) is 16.4. The van der Waals surface area contributed by atoms with Crippen molar-refractivity contribution in [1.82, 2.24) is 19.7 Å². The first-order valence-corrected chi connectivity index (χ1v) is 10.3. The summed E-state index contributed by atoms with van der Waals surface area (Å²) in [6.07, 6.45) is 7.24. The second-order valence-corrected chi connectivity index (χ2v) is 7.93. The van der Waals surface area contributed by atoms with Crippen LogP contribution in [-0.4, -0.2) is 25.7 Å². The summed E-state index contributed by atoms with van der Waals surface area (Å²) < 4.78 is 1.88. The fraction of sp³-hybridized carbons (Fsp3) is 0.364. The molecule has 1 fully saturated rings. The second-order valence-electron chi connectivity index (χ2n) is 7.52. The summed E-state index contributed by atoms with van der Waals surface area (Å²) in [6.45, 7) is 2.88. The molecular weight excluding hydrogens is 386 g/mol. The molecule has 1 aromatic carbocycles. The van der Waals surface area contributed by atoms with Gasteiger partial charge in [0, 0.05) is 18.9 Å². The fourth-order valence-corrected chi connectivity index (χ4v) is 3.96. The minimum atomic E-state index is -0.491. The van der Waals surface area contributed by atoms with Gasteiger partial charge >= 0.3 is 0 Å². The highest BCUT2D eigenvalue weighted by Gasteiger charge is 2.50. The van der Waals surface area contributed by atoms with Gasteiger partial charge in [0.05, 0.1) is 28.2 Å². The molecule has 0 saturated heterocycles. The van der Waals surface area contributed by atoms with Crippen LogP contribution in [-0.2, 0) is 36.0 Å². The number of halogens is 1. The minimum absolute atomic E-state index is 0.237. The summed E-state index contributed by atoms with van der Waals surface area (Å²) in [5.74, 6) is 0.466. The molecule has 2 heterocycles. The smallest absolute Gasteiger partial charge is 0.228 e. The Balaban J connectivity index is 1.51. The van der Waals surface area contributed by atoms with Gasteiger partial charge in [0.1, 0.15) is 5.82 Å². The zero-order valence-corrected chi connectivity index (χ0v) is 17.2. The average Bonchev–Trinajstić information content (AvgIpc) is 3.42. The fourth-order valence-electron chi connectivity index (χ4n) is 3.77. The van der Waals surface area contributed by atoms with E-state index in [-0.39, 0.29) is 5.91 Å². The number of primary amides is 1. The third kappa shape index (κ3) is 4.03. The van der Waals surface area contributed by atoms with E-state index >= 15 is 0 Å². The molecular formula is C22H24ClN5O. The molecule has 2 N–H and O–H groups in total. The maximum atomic E-state index is 12.0. The van der Waals surface area contributed by atoms with Crippen LogP contribution >= 0.6 is 11.6 Å². The number of benzene rings is 1. The van der Waals surface area contributed by atoms with Gasteiger partial charge in [-0.2, -0.15) is 5.10 Å². The Morgan fingerprint density at radius 3 is 2.72 bits per heavy atom. The zero-order chi connectivity index (χ0) is 20.4. The molecule has 7 heteroatoms. The molecule has 0 bridgehead atoms.